The van der Waals surface area contributed by atoms with Crippen LogP contribution in [0, 0.1) is 6.92 Å². The fourth-order valence-corrected chi connectivity index (χ4v) is 3.99. The van der Waals surface area contributed by atoms with Gasteiger partial charge in [0.05, 0.1) is 5.54 Å². The highest BCUT2D eigenvalue weighted by Gasteiger charge is 2.40. The van der Waals surface area contributed by atoms with Gasteiger partial charge in [0.25, 0.3) is 0 Å². The standard InChI is InChI=1S/C14H23N5OS/c1-11-16-13(21-17-11)19-8-4-7-18(9-10-19)12(20)14(15)5-2-3-6-14/h2-10,15H2,1H3. The molecule has 0 unspecified atom stereocenters. The first-order chi connectivity index (χ1) is 10.1. The third-order valence-corrected chi connectivity index (χ3v) is 5.36. The predicted molar refractivity (Wildman–Crippen MR) is 83.4 cm³/mol. The fraction of sp³-hybridized carbons (Fsp3) is 0.786. The number of carbonyl (C=O) groups excluding carboxylic acids is 1. The zero-order valence-corrected chi connectivity index (χ0v) is 13.4. The average Bonchev–Trinajstić information content (AvgIpc) is 3.02. The number of aryl methyl sites for hydroxylation is 1. The summed E-state index contributed by atoms with van der Waals surface area (Å²) in [6.07, 6.45) is 4.78. The van der Waals surface area contributed by atoms with Gasteiger partial charge < -0.3 is 15.5 Å². The second-order valence-corrected chi connectivity index (χ2v) is 6.85. The molecule has 2 fully saturated rings. The van der Waals surface area contributed by atoms with Gasteiger partial charge in [0.2, 0.25) is 11.0 Å². The molecule has 21 heavy (non-hydrogen) atoms. The summed E-state index contributed by atoms with van der Waals surface area (Å²) in [5, 5.41) is 0.963. The molecule has 0 spiro atoms. The van der Waals surface area contributed by atoms with Crippen molar-refractivity contribution in [3.63, 3.8) is 0 Å². The van der Waals surface area contributed by atoms with E-state index in [0.29, 0.717) is 0 Å². The van der Waals surface area contributed by atoms with Crippen molar-refractivity contribution >= 4 is 22.6 Å². The number of anilines is 1. The quantitative estimate of drug-likeness (QED) is 0.887. The van der Waals surface area contributed by atoms with Gasteiger partial charge in [-0.1, -0.05) is 12.8 Å². The maximum absolute atomic E-state index is 12.7. The van der Waals surface area contributed by atoms with Crippen LogP contribution >= 0.6 is 11.5 Å². The minimum Gasteiger partial charge on any atom is -0.345 e. The van der Waals surface area contributed by atoms with E-state index >= 15 is 0 Å². The first-order valence-corrected chi connectivity index (χ1v) is 8.49. The lowest BCUT2D eigenvalue weighted by Crippen LogP contribution is -2.54. The van der Waals surface area contributed by atoms with Gasteiger partial charge in [-0.05, 0) is 26.2 Å². The number of hydrogen-bond donors (Lipinski definition) is 1. The summed E-state index contributed by atoms with van der Waals surface area (Å²) >= 11 is 1.44. The molecule has 6 nitrogen and oxygen atoms in total. The molecule has 2 N–H and O–H groups in total. The van der Waals surface area contributed by atoms with Crippen molar-refractivity contribution in [3.8, 4) is 0 Å². The predicted octanol–water partition coefficient (Wildman–Crippen LogP) is 1.16. The van der Waals surface area contributed by atoms with E-state index in [1.165, 1.54) is 11.5 Å². The van der Waals surface area contributed by atoms with E-state index in [1.54, 1.807) is 0 Å². The van der Waals surface area contributed by atoms with Crippen molar-refractivity contribution in [1.29, 1.82) is 0 Å². The number of nitrogens with zero attached hydrogens (tertiary/aromatic N) is 4. The van der Waals surface area contributed by atoms with Crippen LogP contribution in [0.4, 0.5) is 5.13 Å². The molecule has 1 aromatic heterocycles. The smallest absolute Gasteiger partial charge is 0.242 e. The summed E-state index contributed by atoms with van der Waals surface area (Å²) in [4.78, 5) is 21.3. The third-order valence-electron chi connectivity index (χ3n) is 4.49. The second kappa shape index (κ2) is 5.88. The Morgan fingerprint density at radius 2 is 1.95 bits per heavy atom. The molecule has 7 heteroatoms. The molecule has 3 rings (SSSR count). The maximum atomic E-state index is 12.7. The Balaban J connectivity index is 1.64. The second-order valence-electron chi connectivity index (χ2n) is 6.12. The molecule has 0 aromatic carbocycles. The number of nitrogens with two attached hydrogens (primary N) is 1. The third kappa shape index (κ3) is 3.03. The van der Waals surface area contributed by atoms with Crippen LogP contribution in [0.1, 0.15) is 37.9 Å². The van der Waals surface area contributed by atoms with E-state index in [9.17, 15) is 4.79 Å². The van der Waals surface area contributed by atoms with Crippen LogP contribution in [0.25, 0.3) is 0 Å². The van der Waals surface area contributed by atoms with Crippen molar-refractivity contribution in [2.75, 3.05) is 31.1 Å². The summed E-state index contributed by atoms with van der Waals surface area (Å²) in [7, 11) is 0. The molecule has 0 radical (unpaired) electrons. The number of carbonyl (C=O) groups is 1. The highest BCUT2D eigenvalue weighted by molar-refractivity contribution is 7.09. The lowest BCUT2D eigenvalue weighted by atomic mass is 9.97. The highest BCUT2D eigenvalue weighted by Crippen LogP contribution is 2.29. The molecule has 2 heterocycles. The van der Waals surface area contributed by atoms with Crippen LogP contribution in [0.15, 0.2) is 0 Å². The van der Waals surface area contributed by atoms with Crippen molar-refractivity contribution in [2.24, 2.45) is 5.73 Å². The molecule has 1 aliphatic heterocycles. The van der Waals surface area contributed by atoms with Gasteiger partial charge in [0.15, 0.2) is 0 Å². The summed E-state index contributed by atoms with van der Waals surface area (Å²) in [6, 6.07) is 0. The normalized spacial score (nSPS) is 22.4. The average molecular weight is 309 g/mol. The summed E-state index contributed by atoms with van der Waals surface area (Å²) < 4.78 is 4.24. The minimum atomic E-state index is -0.603. The number of aromatic nitrogens is 2. The summed E-state index contributed by atoms with van der Waals surface area (Å²) in [5.74, 6) is 0.967. The number of amides is 1. The van der Waals surface area contributed by atoms with Gasteiger partial charge in [-0.3, -0.25) is 4.79 Å². The van der Waals surface area contributed by atoms with Gasteiger partial charge >= 0.3 is 0 Å². The molecule has 1 amide bonds. The number of hydrogen-bond acceptors (Lipinski definition) is 6. The Morgan fingerprint density at radius 3 is 2.62 bits per heavy atom. The van der Waals surface area contributed by atoms with Crippen LogP contribution < -0.4 is 10.6 Å². The maximum Gasteiger partial charge on any atom is 0.242 e. The lowest BCUT2D eigenvalue weighted by molar-refractivity contribution is -0.136. The SMILES string of the molecule is Cc1nsc(N2CCCN(C(=O)C3(N)CCCC3)CC2)n1. The van der Waals surface area contributed by atoms with Crippen molar-refractivity contribution in [3.05, 3.63) is 5.82 Å². The fourth-order valence-electron chi connectivity index (χ4n) is 3.26. The molecular weight excluding hydrogens is 286 g/mol. The zero-order chi connectivity index (χ0) is 14.9. The molecule has 0 atom stereocenters. The molecule has 0 bridgehead atoms. The van der Waals surface area contributed by atoms with Gasteiger partial charge in [0, 0.05) is 37.7 Å². The molecular formula is C14H23N5OS. The van der Waals surface area contributed by atoms with E-state index in [4.69, 9.17) is 5.73 Å². The van der Waals surface area contributed by atoms with Gasteiger partial charge in [0.1, 0.15) is 5.82 Å². The van der Waals surface area contributed by atoms with E-state index in [-0.39, 0.29) is 5.91 Å². The van der Waals surface area contributed by atoms with Crippen LogP contribution in [0.5, 0.6) is 0 Å². The largest absolute Gasteiger partial charge is 0.345 e. The van der Waals surface area contributed by atoms with E-state index in [1.807, 2.05) is 11.8 Å². The van der Waals surface area contributed by atoms with Crippen LogP contribution in [-0.4, -0.2) is 51.9 Å². The molecule has 1 saturated carbocycles. The monoisotopic (exact) mass is 309 g/mol. The minimum absolute atomic E-state index is 0.148. The summed E-state index contributed by atoms with van der Waals surface area (Å²) in [5.41, 5.74) is 5.71. The zero-order valence-electron chi connectivity index (χ0n) is 12.5. The van der Waals surface area contributed by atoms with Gasteiger partial charge in [-0.15, -0.1) is 0 Å². The van der Waals surface area contributed by atoms with E-state index in [0.717, 1.165) is 69.2 Å². The van der Waals surface area contributed by atoms with E-state index in [2.05, 4.69) is 14.3 Å². The Kier molecular flexibility index (Phi) is 4.12. The molecule has 1 aliphatic carbocycles. The molecule has 116 valence electrons. The van der Waals surface area contributed by atoms with Crippen LogP contribution in [0.2, 0.25) is 0 Å². The molecule has 1 aromatic rings. The Labute approximate surface area is 129 Å². The lowest BCUT2D eigenvalue weighted by Gasteiger charge is -2.30. The van der Waals surface area contributed by atoms with Gasteiger partial charge in [-0.2, -0.15) is 4.37 Å². The first-order valence-electron chi connectivity index (χ1n) is 7.72. The van der Waals surface area contributed by atoms with E-state index < -0.39 is 5.54 Å². The Morgan fingerprint density at radius 1 is 1.19 bits per heavy atom. The van der Waals surface area contributed by atoms with Crippen molar-refractivity contribution in [2.45, 2.75) is 44.6 Å². The molecule has 1 saturated heterocycles. The first kappa shape index (κ1) is 14.7. The Bertz CT molecular complexity index is 511. The topological polar surface area (TPSA) is 75.4 Å². The van der Waals surface area contributed by atoms with Crippen molar-refractivity contribution in [1.82, 2.24) is 14.3 Å². The summed E-state index contributed by atoms with van der Waals surface area (Å²) in [6.45, 7) is 5.18. The Hall–Kier alpha value is -1.21. The number of rotatable bonds is 2. The highest BCUT2D eigenvalue weighted by atomic mass is 32.1. The van der Waals surface area contributed by atoms with Crippen molar-refractivity contribution < 1.29 is 4.79 Å². The molecule has 2 aliphatic rings. The van der Waals surface area contributed by atoms with Gasteiger partial charge in [-0.25, -0.2) is 4.98 Å². The van der Waals surface area contributed by atoms with Crippen LogP contribution in [0.3, 0.4) is 0 Å². The van der Waals surface area contributed by atoms with Crippen LogP contribution in [-0.2, 0) is 4.79 Å².